The Kier molecular flexibility index (Phi) is 4.79. The Morgan fingerprint density at radius 3 is 3.00 bits per heavy atom. The number of anilines is 1. The summed E-state index contributed by atoms with van der Waals surface area (Å²) >= 11 is 1.40. The molecule has 0 bridgehead atoms. The fourth-order valence-electron chi connectivity index (χ4n) is 1.43. The molecule has 0 aliphatic heterocycles. The average Bonchev–Trinajstić information content (AvgIpc) is 2.85. The third kappa shape index (κ3) is 4.29. The van der Waals surface area contributed by atoms with Crippen molar-refractivity contribution < 1.29 is 4.79 Å². The van der Waals surface area contributed by atoms with E-state index in [2.05, 4.69) is 32.7 Å². The predicted octanol–water partition coefficient (Wildman–Crippen LogP) is 2.21. The van der Waals surface area contributed by atoms with Gasteiger partial charge in [0.05, 0.1) is 12.2 Å². The van der Waals surface area contributed by atoms with Crippen molar-refractivity contribution in [3.8, 4) is 0 Å². The molecule has 2 aromatic heterocycles. The summed E-state index contributed by atoms with van der Waals surface area (Å²) in [5.41, 5.74) is 0.807. The predicted molar refractivity (Wildman–Crippen MR) is 74.0 cm³/mol. The lowest BCUT2D eigenvalue weighted by Crippen LogP contribution is -2.28. The zero-order valence-electron chi connectivity index (χ0n) is 10.6. The molecule has 6 nitrogen and oxygen atoms in total. The van der Waals surface area contributed by atoms with Crippen LogP contribution in [0.2, 0.25) is 0 Å². The Morgan fingerprint density at radius 2 is 2.26 bits per heavy atom. The second kappa shape index (κ2) is 6.79. The Labute approximate surface area is 115 Å². The van der Waals surface area contributed by atoms with Gasteiger partial charge in [-0.15, -0.1) is 10.2 Å². The number of hydrogen-bond donors (Lipinski definition) is 2. The number of carbonyl (C=O) groups is 1. The minimum Gasteiger partial charge on any atom is -0.332 e. The number of nitrogens with zero attached hydrogens (tertiary/aromatic N) is 3. The molecule has 2 amide bonds. The van der Waals surface area contributed by atoms with E-state index in [1.807, 2.05) is 18.2 Å². The molecule has 0 atom stereocenters. The van der Waals surface area contributed by atoms with Crippen LogP contribution in [0.15, 0.2) is 24.4 Å². The summed E-state index contributed by atoms with van der Waals surface area (Å²) in [6, 6.07) is 5.26. The molecule has 0 radical (unpaired) electrons. The number of urea groups is 1. The summed E-state index contributed by atoms with van der Waals surface area (Å²) in [6.07, 6.45) is 3.59. The Morgan fingerprint density at radius 1 is 1.37 bits per heavy atom. The van der Waals surface area contributed by atoms with Crippen molar-refractivity contribution in [2.45, 2.75) is 26.3 Å². The molecule has 2 N–H and O–H groups in total. The van der Waals surface area contributed by atoms with Gasteiger partial charge in [0.25, 0.3) is 0 Å². The molecule has 0 saturated heterocycles. The monoisotopic (exact) mass is 277 g/mol. The highest BCUT2D eigenvalue weighted by Gasteiger charge is 2.07. The van der Waals surface area contributed by atoms with Gasteiger partial charge in [-0.1, -0.05) is 24.3 Å². The van der Waals surface area contributed by atoms with Crippen LogP contribution >= 0.6 is 11.3 Å². The molecule has 2 heterocycles. The summed E-state index contributed by atoms with van der Waals surface area (Å²) in [4.78, 5) is 15.8. The molecule has 0 unspecified atom stereocenters. The van der Waals surface area contributed by atoms with Gasteiger partial charge in [-0.3, -0.25) is 10.3 Å². The Bertz CT molecular complexity index is 528. The van der Waals surface area contributed by atoms with Gasteiger partial charge in [0, 0.05) is 12.6 Å². The van der Waals surface area contributed by atoms with E-state index >= 15 is 0 Å². The van der Waals surface area contributed by atoms with Crippen LogP contribution in [0.3, 0.4) is 0 Å². The molecular formula is C12H15N5OS. The van der Waals surface area contributed by atoms with Crippen LogP contribution < -0.4 is 10.6 Å². The van der Waals surface area contributed by atoms with Crippen LogP contribution in [0.1, 0.15) is 24.0 Å². The van der Waals surface area contributed by atoms with E-state index in [1.54, 1.807) is 6.20 Å². The molecule has 0 saturated carbocycles. The van der Waals surface area contributed by atoms with Crippen LogP contribution in [0.25, 0.3) is 0 Å². The SMILES string of the molecule is CCCc1nnc(NC(=O)NCc2ccccn2)s1. The zero-order valence-corrected chi connectivity index (χ0v) is 11.4. The molecule has 2 aromatic rings. The second-order valence-corrected chi connectivity index (χ2v) is 4.94. The molecule has 2 rings (SSSR count). The van der Waals surface area contributed by atoms with Crippen LogP contribution in [0, 0.1) is 0 Å². The lowest BCUT2D eigenvalue weighted by Gasteiger charge is -2.03. The fraction of sp³-hybridized carbons (Fsp3) is 0.333. The topological polar surface area (TPSA) is 79.8 Å². The van der Waals surface area contributed by atoms with Gasteiger partial charge >= 0.3 is 6.03 Å². The van der Waals surface area contributed by atoms with E-state index < -0.39 is 0 Å². The molecule has 7 heteroatoms. The van der Waals surface area contributed by atoms with E-state index in [9.17, 15) is 4.79 Å². The molecule has 0 spiro atoms. The first-order valence-electron chi connectivity index (χ1n) is 6.05. The molecule has 100 valence electrons. The Balaban J connectivity index is 1.80. The molecule has 19 heavy (non-hydrogen) atoms. The highest BCUT2D eigenvalue weighted by atomic mass is 32.1. The maximum absolute atomic E-state index is 11.6. The minimum atomic E-state index is -0.301. The standard InChI is InChI=1S/C12H15N5OS/c1-2-5-10-16-17-12(19-10)15-11(18)14-8-9-6-3-4-7-13-9/h3-4,6-7H,2,5,8H2,1H3,(H2,14,15,17,18). The maximum atomic E-state index is 11.6. The van der Waals surface area contributed by atoms with Gasteiger partial charge in [-0.05, 0) is 18.6 Å². The van der Waals surface area contributed by atoms with Gasteiger partial charge in [0.15, 0.2) is 0 Å². The number of carbonyl (C=O) groups excluding carboxylic acids is 1. The van der Waals surface area contributed by atoms with Crippen LogP contribution in [0.4, 0.5) is 9.93 Å². The van der Waals surface area contributed by atoms with Crippen molar-refractivity contribution >= 4 is 22.5 Å². The molecule has 0 aromatic carbocycles. The lowest BCUT2D eigenvalue weighted by molar-refractivity contribution is 0.251. The van der Waals surface area contributed by atoms with Gasteiger partial charge in [0.2, 0.25) is 5.13 Å². The smallest absolute Gasteiger partial charge is 0.321 e. The number of amides is 2. The van der Waals surface area contributed by atoms with Crippen LogP contribution in [-0.4, -0.2) is 21.2 Å². The van der Waals surface area contributed by atoms with E-state index in [0.717, 1.165) is 23.5 Å². The van der Waals surface area contributed by atoms with Gasteiger partial charge in [0.1, 0.15) is 5.01 Å². The minimum absolute atomic E-state index is 0.301. The van der Waals surface area contributed by atoms with Gasteiger partial charge in [-0.2, -0.15) is 0 Å². The number of rotatable bonds is 5. The third-order valence-electron chi connectivity index (χ3n) is 2.31. The average molecular weight is 277 g/mol. The number of aryl methyl sites for hydroxylation is 1. The van der Waals surface area contributed by atoms with Crippen LogP contribution in [-0.2, 0) is 13.0 Å². The zero-order chi connectivity index (χ0) is 13.5. The van der Waals surface area contributed by atoms with Crippen molar-refractivity contribution in [1.29, 1.82) is 0 Å². The summed E-state index contributed by atoms with van der Waals surface area (Å²) in [5.74, 6) is 0. The quantitative estimate of drug-likeness (QED) is 0.878. The number of hydrogen-bond acceptors (Lipinski definition) is 5. The number of pyridine rings is 1. The van der Waals surface area contributed by atoms with Crippen molar-refractivity contribution in [1.82, 2.24) is 20.5 Å². The summed E-state index contributed by atoms with van der Waals surface area (Å²) < 4.78 is 0. The number of aromatic nitrogens is 3. The maximum Gasteiger partial charge on any atom is 0.321 e. The molecular weight excluding hydrogens is 262 g/mol. The van der Waals surface area contributed by atoms with E-state index in [1.165, 1.54) is 11.3 Å². The van der Waals surface area contributed by atoms with E-state index in [0.29, 0.717) is 11.7 Å². The Hall–Kier alpha value is -2.02. The first-order chi connectivity index (χ1) is 9.28. The van der Waals surface area contributed by atoms with E-state index in [4.69, 9.17) is 0 Å². The first-order valence-corrected chi connectivity index (χ1v) is 6.86. The van der Waals surface area contributed by atoms with Crippen molar-refractivity contribution in [3.05, 3.63) is 35.1 Å². The highest BCUT2D eigenvalue weighted by Crippen LogP contribution is 2.16. The van der Waals surface area contributed by atoms with Crippen molar-refractivity contribution in [2.24, 2.45) is 0 Å². The highest BCUT2D eigenvalue weighted by molar-refractivity contribution is 7.15. The first kappa shape index (κ1) is 13.4. The van der Waals surface area contributed by atoms with Crippen LogP contribution in [0.5, 0.6) is 0 Å². The largest absolute Gasteiger partial charge is 0.332 e. The summed E-state index contributed by atoms with van der Waals surface area (Å²) in [7, 11) is 0. The normalized spacial score (nSPS) is 10.2. The summed E-state index contributed by atoms with van der Waals surface area (Å²) in [5, 5.41) is 14.7. The number of nitrogens with one attached hydrogen (secondary N) is 2. The van der Waals surface area contributed by atoms with Gasteiger partial charge in [-0.25, -0.2) is 4.79 Å². The third-order valence-corrected chi connectivity index (χ3v) is 3.21. The second-order valence-electron chi connectivity index (χ2n) is 3.88. The van der Waals surface area contributed by atoms with Gasteiger partial charge < -0.3 is 5.32 Å². The van der Waals surface area contributed by atoms with E-state index in [-0.39, 0.29) is 6.03 Å². The molecule has 0 aliphatic carbocycles. The molecule has 0 fully saturated rings. The molecule has 0 aliphatic rings. The van der Waals surface area contributed by atoms with Crippen molar-refractivity contribution in [3.63, 3.8) is 0 Å². The summed E-state index contributed by atoms with van der Waals surface area (Å²) in [6.45, 7) is 2.46. The fourth-order valence-corrected chi connectivity index (χ4v) is 2.27. The lowest BCUT2D eigenvalue weighted by atomic mass is 10.3. The van der Waals surface area contributed by atoms with Crippen molar-refractivity contribution in [2.75, 3.05) is 5.32 Å².